The summed E-state index contributed by atoms with van der Waals surface area (Å²) in [6.07, 6.45) is -1.61. The van der Waals surface area contributed by atoms with Crippen molar-refractivity contribution >= 4 is 11.6 Å². The highest BCUT2D eigenvalue weighted by Gasteiger charge is 2.38. The highest BCUT2D eigenvalue weighted by molar-refractivity contribution is 6.05. The van der Waals surface area contributed by atoms with Gasteiger partial charge in [0.05, 0.1) is 6.54 Å². The molecular weight excluding hydrogens is 409 g/mol. The molecule has 156 valence electrons. The molecule has 2 aromatic carbocycles. The predicted molar refractivity (Wildman–Crippen MR) is 106 cm³/mol. The van der Waals surface area contributed by atoms with Crippen LogP contribution in [0.1, 0.15) is 21.8 Å². The molecule has 6 nitrogen and oxygen atoms in total. The van der Waals surface area contributed by atoms with Gasteiger partial charge in [0.1, 0.15) is 0 Å². The van der Waals surface area contributed by atoms with E-state index in [9.17, 15) is 18.0 Å². The van der Waals surface area contributed by atoms with Crippen molar-refractivity contribution in [2.45, 2.75) is 12.7 Å². The van der Waals surface area contributed by atoms with Crippen LogP contribution in [0.2, 0.25) is 0 Å². The molecule has 0 N–H and O–H groups in total. The van der Waals surface area contributed by atoms with Crippen molar-refractivity contribution in [3.05, 3.63) is 96.1 Å². The summed E-state index contributed by atoms with van der Waals surface area (Å²) in [5.74, 6) is -1.83. The molecule has 0 spiro atoms. The van der Waals surface area contributed by atoms with Gasteiger partial charge in [-0.3, -0.25) is 9.78 Å². The number of para-hydroxylation sites is 1. The summed E-state index contributed by atoms with van der Waals surface area (Å²) in [6, 6.07) is 19.0. The second-order valence-corrected chi connectivity index (χ2v) is 6.57. The van der Waals surface area contributed by atoms with E-state index in [1.165, 1.54) is 0 Å². The van der Waals surface area contributed by atoms with E-state index in [0.717, 1.165) is 5.56 Å². The van der Waals surface area contributed by atoms with Gasteiger partial charge in [-0.25, -0.2) is 0 Å². The Bertz CT molecular complexity index is 1160. The summed E-state index contributed by atoms with van der Waals surface area (Å²) < 4.78 is 42.7. The first-order valence-corrected chi connectivity index (χ1v) is 9.19. The minimum absolute atomic E-state index is 0.204. The molecule has 4 rings (SSSR count). The van der Waals surface area contributed by atoms with E-state index in [0.29, 0.717) is 16.8 Å². The van der Waals surface area contributed by atoms with Crippen LogP contribution in [0.25, 0.3) is 11.5 Å². The number of pyridine rings is 1. The van der Waals surface area contributed by atoms with E-state index in [-0.39, 0.29) is 18.3 Å². The van der Waals surface area contributed by atoms with Gasteiger partial charge in [-0.15, -0.1) is 10.2 Å². The van der Waals surface area contributed by atoms with Crippen molar-refractivity contribution in [3.8, 4) is 11.5 Å². The van der Waals surface area contributed by atoms with Crippen LogP contribution in [0.5, 0.6) is 0 Å². The number of alkyl halides is 3. The van der Waals surface area contributed by atoms with E-state index < -0.39 is 12.1 Å². The summed E-state index contributed by atoms with van der Waals surface area (Å²) in [7, 11) is 0. The van der Waals surface area contributed by atoms with Crippen LogP contribution in [0.4, 0.5) is 18.9 Å². The first-order chi connectivity index (χ1) is 14.9. The summed E-state index contributed by atoms with van der Waals surface area (Å²) >= 11 is 0. The molecule has 1 amide bonds. The Labute approximate surface area is 175 Å². The Balaban J connectivity index is 1.59. The topological polar surface area (TPSA) is 72.1 Å². The zero-order valence-corrected chi connectivity index (χ0v) is 16.0. The zero-order chi connectivity index (χ0) is 21.8. The van der Waals surface area contributed by atoms with E-state index in [2.05, 4.69) is 15.2 Å². The second kappa shape index (κ2) is 8.39. The highest BCUT2D eigenvalue weighted by atomic mass is 19.4. The Morgan fingerprint density at radius 2 is 1.58 bits per heavy atom. The number of anilines is 1. The maximum atomic E-state index is 13.1. The number of nitrogens with zero attached hydrogens (tertiary/aromatic N) is 4. The maximum absolute atomic E-state index is 13.1. The van der Waals surface area contributed by atoms with E-state index >= 15 is 0 Å². The molecule has 0 atom stereocenters. The second-order valence-electron chi connectivity index (χ2n) is 6.57. The lowest BCUT2D eigenvalue weighted by Crippen LogP contribution is -2.30. The molecule has 2 heterocycles. The standard InChI is InChI=1S/C22H15F3N4O2/c23-22(24,25)21-28-27-19(31-21)16-8-6-15(7-9-16)14-29(18-4-2-1-3-5-18)20(30)17-10-12-26-13-11-17/h1-13H,14H2. The number of rotatable bonds is 5. The fraction of sp³-hybridized carbons (Fsp3) is 0.0909. The van der Waals surface area contributed by atoms with Crippen molar-refractivity contribution in [1.29, 1.82) is 0 Å². The third-order valence-corrected chi connectivity index (χ3v) is 4.45. The minimum atomic E-state index is -4.70. The molecule has 0 saturated heterocycles. The largest absolute Gasteiger partial charge is 0.470 e. The van der Waals surface area contributed by atoms with Crippen molar-refractivity contribution in [2.24, 2.45) is 0 Å². The van der Waals surface area contributed by atoms with Crippen LogP contribution < -0.4 is 4.90 Å². The van der Waals surface area contributed by atoms with Crippen LogP contribution in [0, 0.1) is 0 Å². The van der Waals surface area contributed by atoms with Crippen LogP contribution in [0.15, 0.2) is 83.5 Å². The molecule has 0 bridgehead atoms. The highest BCUT2D eigenvalue weighted by Crippen LogP contribution is 2.30. The third kappa shape index (κ3) is 4.61. The molecule has 0 aliphatic rings. The Hall–Kier alpha value is -4.01. The van der Waals surface area contributed by atoms with E-state index in [4.69, 9.17) is 4.42 Å². The molecule has 0 aliphatic heterocycles. The molecule has 0 unspecified atom stereocenters. The fourth-order valence-electron chi connectivity index (χ4n) is 2.93. The first-order valence-electron chi connectivity index (χ1n) is 9.19. The van der Waals surface area contributed by atoms with Crippen LogP contribution in [-0.2, 0) is 12.7 Å². The zero-order valence-electron chi connectivity index (χ0n) is 16.0. The molecule has 0 aliphatic carbocycles. The van der Waals surface area contributed by atoms with Crippen LogP contribution >= 0.6 is 0 Å². The van der Waals surface area contributed by atoms with Gasteiger partial charge in [0.15, 0.2) is 0 Å². The van der Waals surface area contributed by atoms with E-state index in [1.807, 2.05) is 30.3 Å². The van der Waals surface area contributed by atoms with Gasteiger partial charge in [-0.1, -0.05) is 30.3 Å². The lowest BCUT2D eigenvalue weighted by molar-refractivity contribution is -0.156. The van der Waals surface area contributed by atoms with Crippen LogP contribution in [0.3, 0.4) is 0 Å². The fourth-order valence-corrected chi connectivity index (χ4v) is 2.93. The number of benzene rings is 2. The number of amides is 1. The number of hydrogen-bond donors (Lipinski definition) is 0. The van der Waals surface area contributed by atoms with Crippen molar-refractivity contribution in [1.82, 2.24) is 15.2 Å². The number of aromatic nitrogens is 3. The predicted octanol–water partition coefficient (Wildman–Crippen LogP) is 5.00. The quantitative estimate of drug-likeness (QED) is 0.451. The smallest absolute Gasteiger partial charge is 0.413 e. The lowest BCUT2D eigenvalue weighted by atomic mass is 10.1. The molecule has 2 aromatic heterocycles. The van der Waals surface area contributed by atoms with Crippen LogP contribution in [-0.4, -0.2) is 21.1 Å². The van der Waals surface area contributed by atoms with Crippen molar-refractivity contribution in [2.75, 3.05) is 4.90 Å². The third-order valence-electron chi connectivity index (χ3n) is 4.45. The number of carbonyl (C=O) groups excluding carboxylic acids is 1. The van der Waals surface area contributed by atoms with Crippen molar-refractivity contribution < 1.29 is 22.4 Å². The number of hydrogen-bond acceptors (Lipinski definition) is 5. The summed E-state index contributed by atoms with van der Waals surface area (Å²) in [4.78, 5) is 18.6. The summed E-state index contributed by atoms with van der Waals surface area (Å²) in [6.45, 7) is 0.253. The molecule has 0 fully saturated rings. The average molecular weight is 424 g/mol. The molecule has 4 aromatic rings. The minimum Gasteiger partial charge on any atom is -0.413 e. The van der Waals surface area contributed by atoms with Gasteiger partial charge in [-0.2, -0.15) is 13.2 Å². The summed E-state index contributed by atoms with van der Waals surface area (Å²) in [5.41, 5.74) is 2.31. The molecular formula is C22H15F3N4O2. The van der Waals surface area contributed by atoms with Gasteiger partial charge in [0.25, 0.3) is 5.91 Å². The molecule has 0 saturated carbocycles. The lowest BCUT2D eigenvalue weighted by Gasteiger charge is -2.23. The normalized spacial score (nSPS) is 11.3. The first kappa shape index (κ1) is 20.3. The van der Waals surface area contributed by atoms with Gasteiger partial charge >= 0.3 is 12.1 Å². The Morgan fingerprint density at radius 3 is 2.19 bits per heavy atom. The summed E-state index contributed by atoms with van der Waals surface area (Å²) in [5, 5.41) is 6.48. The van der Waals surface area contributed by atoms with Gasteiger partial charge < -0.3 is 9.32 Å². The average Bonchev–Trinajstić information content (AvgIpc) is 3.30. The van der Waals surface area contributed by atoms with Gasteiger partial charge in [0, 0.05) is 29.2 Å². The Morgan fingerprint density at radius 1 is 0.903 bits per heavy atom. The van der Waals surface area contributed by atoms with Gasteiger partial charge in [0.2, 0.25) is 5.89 Å². The number of halogens is 3. The molecule has 0 radical (unpaired) electrons. The van der Waals surface area contributed by atoms with Crippen molar-refractivity contribution in [3.63, 3.8) is 0 Å². The van der Waals surface area contributed by atoms with E-state index in [1.54, 1.807) is 53.7 Å². The molecule has 9 heteroatoms. The maximum Gasteiger partial charge on any atom is 0.470 e. The Kier molecular flexibility index (Phi) is 5.48. The monoisotopic (exact) mass is 424 g/mol. The molecule has 31 heavy (non-hydrogen) atoms. The number of carbonyl (C=O) groups is 1. The van der Waals surface area contributed by atoms with Gasteiger partial charge in [-0.05, 0) is 42.0 Å². The SMILES string of the molecule is O=C(c1ccncc1)N(Cc1ccc(-c2nnc(C(F)(F)F)o2)cc1)c1ccccc1.